The minimum absolute atomic E-state index is 0.232. The first-order chi connectivity index (χ1) is 8.04. The Labute approximate surface area is 100 Å². The van der Waals surface area contributed by atoms with Gasteiger partial charge in [0.05, 0.1) is 11.7 Å². The Kier molecular flexibility index (Phi) is 2.92. The van der Waals surface area contributed by atoms with E-state index in [0.717, 1.165) is 11.8 Å². The molecular weight excluding hydrogens is 216 g/mol. The van der Waals surface area contributed by atoms with Crippen LogP contribution in [-0.2, 0) is 4.79 Å². The highest BCUT2D eigenvalue weighted by molar-refractivity contribution is 5.87. The zero-order chi connectivity index (χ0) is 12.5. The Hall–Kier alpha value is -1.77. The van der Waals surface area contributed by atoms with E-state index in [9.17, 15) is 4.79 Å². The standard InChI is InChI=1S/C14H16O3/c1-4-14(2,3)13(15)17-11-7-5-6-10-8-9-16-12(10)11/h5-9H,4H2,1-3H3. The van der Waals surface area contributed by atoms with Gasteiger partial charge in [0.2, 0.25) is 0 Å². The lowest BCUT2D eigenvalue weighted by molar-refractivity contribution is -0.144. The predicted octanol–water partition coefficient (Wildman–Crippen LogP) is 3.77. The summed E-state index contributed by atoms with van der Waals surface area (Å²) >= 11 is 0. The highest BCUT2D eigenvalue weighted by Crippen LogP contribution is 2.29. The molecule has 1 aromatic carbocycles. The number of para-hydroxylation sites is 1. The average molecular weight is 232 g/mol. The third-order valence-corrected chi connectivity index (χ3v) is 3.08. The Bertz CT molecular complexity index is 537. The molecule has 2 rings (SSSR count). The van der Waals surface area contributed by atoms with Crippen molar-refractivity contribution >= 4 is 16.9 Å². The molecule has 1 heterocycles. The molecule has 3 nitrogen and oxygen atoms in total. The fourth-order valence-electron chi connectivity index (χ4n) is 1.43. The van der Waals surface area contributed by atoms with Gasteiger partial charge in [-0.1, -0.05) is 19.1 Å². The monoisotopic (exact) mass is 232 g/mol. The van der Waals surface area contributed by atoms with Gasteiger partial charge in [-0.2, -0.15) is 0 Å². The van der Waals surface area contributed by atoms with Crippen LogP contribution in [0.1, 0.15) is 27.2 Å². The number of benzene rings is 1. The molecule has 0 fully saturated rings. The van der Waals surface area contributed by atoms with Gasteiger partial charge in [-0.15, -0.1) is 0 Å². The molecule has 0 saturated carbocycles. The number of esters is 1. The Morgan fingerprint density at radius 3 is 2.82 bits per heavy atom. The SMILES string of the molecule is CCC(C)(C)C(=O)Oc1cccc2ccoc12. The largest absolute Gasteiger partial charge is 0.460 e. The van der Waals surface area contributed by atoms with Crippen LogP contribution in [0.25, 0.3) is 11.0 Å². The molecule has 0 unspecified atom stereocenters. The first kappa shape index (κ1) is 11.7. The summed E-state index contributed by atoms with van der Waals surface area (Å²) in [7, 11) is 0. The van der Waals surface area contributed by atoms with Gasteiger partial charge < -0.3 is 9.15 Å². The maximum Gasteiger partial charge on any atom is 0.317 e. The summed E-state index contributed by atoms with van der Waals surface area (Å²) in [6.45, 7) is 5.71. The fraction of sp³-hybridized carbons (Fsp3) is 0.357. The number of hydrogen-bond donors (Lipinski definition) is 0. The molecule has 0 N–H and O–H groups in total. The smallest absolute Gasteiger partial charge is 0.317 e. The maximum absolute atomic E-state index is 12.0. The van der Waals surface area contributed by atoms with Gasteiger partial charge in [0.25, 0.3) is 0 Å². The van der Waals surface area contributed by atoms with Gasteiger partial charge in [0.1, 0.15) is 0 Å². The van der Waals surface area contributed by atoms with Gasteiger partial charge >= 0.3 is 5.97 Å². The zero-order valence-electron chi connectivity index (χ0n) is 10.3. The van der Waals surface area contributed by atoms with Gasteiger partial charge in [-0.05, 0) is 32.4 Å². The van der Waals surface area contributed by atoms with E-state index in [4.69, 9.17) is 9.15 Å². The number of hydrogen-bond acceptors (Lipinski definition) is 3. The topological polar surface area (TPSA) is 39.4 Å². The summed E-state index contributed by atoms with van der Waals surface area (Å²) in [5.74, 6) is 0.253. The highest BCUT2D eigenvalue weighted by atomic mass is 16.5. The number of furan rings is 1. The predicted molar refractivity (Wildman–Crippen MR) is 65.9 cm³/mol. The quantitative estimate of drug-likeness (QED) is 0.597. The summed E-state index contributed by atoms with van der Waals surface area (Å²) < 4.78 is 10.7. The van der Waals surface area contributed by atoms with Crippen LogP contribution in [0.5, 0.6) is 5.75 Å². The summed E-state index contributed by atoms with van der Waals surface area (Å²) in [6.07, 6.45) is 2.33. The fourth-order valence-corrected chi connectivity index (χ4v) is 1.43. The molecule has 90 valence electrons. The third-order valence-electron chi connectivity index (χ3n) is 3.08. The van der Waals surface area contributed by atoms with Crippen molar-refractivity contribution in [2.45, 2.75) is 27.2 Å². The van der Waals surface area contributed by atoms with Crippen molar-refractivity contribution in [3.63, 3.8) is 0 Å². The summed E-state index contributed by atoms with van der Waals surface area (Å²) in [6, 6.07) is 7.35. The van der Waals surface area contributed by atoms with E-state index in [1.54, 1.807) is 12.3 Å². The van der Waals surface area contributed by atoms with E-state index in [-0.39, 0.29) is 5.97 Å². The van der Waals surface area contributed by atoms with Crippen LogP contribution >= 0.6 is 0 Å². The first-order valence-electron chi connectivity index (χ1n) is 5.73. The first-order valence-corrected chi connectivity index (χ1v) is 5.73. The van der Waals surface area contributed by atoms with Crippen LogP contribution in [0.4, 0.5) is 0 Å². The molecule has 17 heavy (non-hydrogen) atoms. The number of fused-ring (bicyclic) bond motifs is 1. The Morgan fingerprint density at radius 2 is 2.12 bits per heavy atom. The highest BCUT2D eigenvalue weighted by Gasteiger charge is 2.28. The van der Waals surface area contributed by atoms with Crippen molar-refractivity contribution < 1.29 is 13.9 Å². The molecule has 0 aliphatic heterocycles. The van der Waals surface area contributed by atoms with Crippen molar-refractivity contribution in [3.8, 4) is 5.75 Å². The molecule has 1 aromatic heterocycles. The van der Waals surface area contributed by atoms with Gasteiger partial charge in [-0.3, -0.25) is 4.79 Å². The number of carbonyl (C=O) groups is 1. The van der Waals surface area contributed by atoms with Crippen LogP contribution in [-0.4, -0.2) is 5.97 Å². The molecule has 0 radical (unpaired) electrons. The zero-order valence-corrected chi connectivity index (χ0v) is 10.3. The molecule has 0 spiro atoms. The Balaban J connectivity index is 2.30. The second kappa shape index (κ2) is 4.24. The molecule has 0 aliphatic carbocycles. The minimum atomic E-state index is -0.477. The van der Waals surface area contributed by atoms with Crippen molar-refractivity contribution in [3.05, 3.63) is 30.5 Å². The van der Waals surface area contributed by atoms with Crippen molar-refractivity contribution in [2.75, 3.05) is 0 Å². The molecule has 0 atom stereocenters. The third kappa shape index (κ3) is 2.18. The molecule has 0 saturated heterocycles. The van der Waals surface area contributed by atoms with E-state index in [1.807, 2.05) is 39.0 Å². The van der Waals surface area contributed by atoms with Crippen molar-refractivity contribution in [1.29, 1.82) is 0 Å². The van der Waals surface area contributed by atoms with E-state index in [1.165, 1.54) is 0 Å². The molecule has 0 amide bonds. The van der Waals surface area contributed by atoms with E-state index in [0.29, 0.717) is 11.3 Å². The normalized spacial score (nSPS) is 11.7. The van der Waals surface area contributed by atoms with Crippen LogP contribution < -0.4 is 4.74 Å². The lowest BCUT2D eigenvalue weighted by Crippen LogP contribution is -2.28. The molecule has 0 bridgehead atoms. The lowest BCUT2D eigenvalue weighted by Gasteiger charge is -2.19. The number of ether oxygens (including phenoxy) is 1. The second-order valence-electron chi connectivity index (χ2n) is 4.72. The Morgan fingerprint density at radius 1 is 1.35 bits per heavy atom. The van der Waals surface area contributed by atoms with Crippen LogP contribution in [0, 0.1) is 5.41 Å². The van der Waals surface area contributed by atoms with E-state index in [2.05, 4.69) is 0 Å². The second-order valence-corrected chi connectivity index (χ2v) is 4.72. The van der Waals surface area contributed by atoms with Crippen LogP contribution in [0.15, 0.2) is 34.9 Å². The average Bonchev–Trinajstić information content (AvgIpc) is 2.78. The molecule has 2 aromatic rings. The molecule has 0 aliphatic rings. The van der Waals surface area contributed by atoms with E-state index >= 15 is 0 Å². The van der Waals surface area contributed by atoms with Crippen LogP contribution in [0.2, 0.25) is 0 Å². The maximum atomic E-state index is 12.0. The van der Waals surface area contributed by atoms with Crippen molar-refractivity contribution in [1.82, 2.24) is 0 Å². The summed E-state index contributed by atoms with van der Waals surface area (Å²) in [4.78, 5) is 12.0. The lowest BCUT2D eigenvalue weighted by atomic mass is 9.91. The summed E-state index contributed by atoms with van der Waals surface area (Å²) in [5.41, 5.74) is 0.141. The van der Waals surface area contributed by atoms with Crippen LogP contribution in [0.3, 0.4) is 0 Å². The molecular formula is C14H16O3. The minimum Gasteiger partial charge on any atom is -0.460 e. The number of rotatable bonds is 3. The van der Waals surface area contributed by atoms with Gasteiger partial charge in [0, 0.05) is 5.39 Å². The van der Waals surface area contributed by atoms with Gasteiger partial charge in [0.15, 0.2) is 11.3 Å². The molecule has 3 heteroatoms. The summed E-state index contributed by atoms with van der Waals surface area (Å²) in [5, 5.41) is 0.935. The number of carbonyl (C=O) groups excluding carboxylic acids is 1. The van der Waals surface area contributed by atoms with Gasteiger partial charge in [-0.25, -0.2) is 0 Å². The van der Waals surface area contributed by atoms with E-state index < -0.39 is 5.41 Å². The van der Waals surface area contributed by atoms with Crippen molar-refractivity contribution in [2.24, 2.45) is 5.41 Å².